The van der Waals surface area contributed by atoms with Crippen LogP contribution in [0.25, 0.3) is 17.7 Å². The number of allylic oxidation sites excluding steroid dienone is 1. The van der Waals surface area contributed by atoms with Crippen LogP contribution in [0, 0.1) is 23.7 Å². The average molecular weight is 890 g/mol. The molecule has 63 heavy (non-hydrogen) atoms. The van der Waals surface area contributed by atoms with Crippen LogP contribution in [0.5, 0.6) is 0 Å². The van der Waals surface area contributed by atoms with Gasteiger partial charge in [0.05, 0.1) is 37.8 Å². The molecule has 0 radical (unpaired) electrons. The van der Waals surface area contributed by atoms with Gasteiger partial charge in [-0.05, 0) is 50.0 Å². The number of carbonyl (C=O) groups is 6. The van der Waals surface area contributed by atoms with E-state index < -0.39 is 60.1 Å². The van der Waals surface area contributed by atoms with Gasteiger partial charge in [0.15, 0.2) is 11.4 Å². The van der Waals surface area contributed by atoms with Crippen molar-refractivity contribution in [2.24, 2.45) is 35.1 Å². The lowest BCUT2D eigenvalue weighted by atomic mass is 9.86. The molecule has 2 amide bonds. The predicted molar refractivity (Wildman–Crippen MR) is 229 cm³/mol. The Balaban J connectivity index is 2.14. The number of aromatic nitrogens is 2. The Morgan fingerprint density at radius 2 is 1.52 bits per heavy atom. The van der Waals surface area contributed by atoms with Gasteiger partial charge in [-0.1, -0.05) is 39.8 Å². The van der Waals surface area contributed by atoms with E-state index in [1.54, 1.807) is 39.6 Å². The summed E-state index contributed by atoms with van der Waals surface area (Å²) in [5.74, 6) is -3.69. The number of rotatable bonds is 32. The molecule has 0 spiro atoms. The fourth-order valence-corrected chi connectivity index (χ4v) is 6.96. The van der Waals surface area contributed by atoms with Crippen molar-refractivity contribution in [1.29, 1.82) is 0 Å². The molecule has 10 atom stereocenters. The molecule has 352 valence electrons. The summed E-state index contributed by atoms with van der Waals surface area (Å²) in [6, 6.07) is -0.814. The number of ketones is 2. The van der Waals surface area contributed by atoms with Gasteiger partial charge in [-0.3, -0.25) is 24.0 Å². The summed E-state index contributed by atoms with van der Waals surface area (Å²) in [5.41, 5.74) is 11.8. The highest BCUT2D eigenvalue weighted by molar-refractivity contribution is 5.89. The number of aliphatic hydroxyl groups is 1. The highest BCUT2D eigenvalue weighted by Gasteiger charge is 2.32. The number of primary amides is 1. The van der Waals surface area contributed by atoms with Crippen molar-refractivity contribution >= 4 is 41.9 Å². The summed E-state index contributed by atoms with van der Waals surface area (Å²) in [7, 11) is 7.23. The number of nitrogens with two attached hydrogens (primary N) is 2. The molecule has 0 fully saturated rings. The van der Waals surface area contributed by atoms with Gasteiger partial charge < -0.3 is 54.0 Å². The van der Waals surface area contributed by atoms with Gasteiger partial charge in [0.1, 0.15) is 36.3 Å². The number of hydrogen-bond acceptors (Lipinski definition) is 17. The minimum atomic E-state index is -1.22. The van der Waals surface area contributed by atoms with Crippen LogP contribution in [0.15, 0.2) is 39.7 Å². The van der Waals surface area contributed by atoms with E-state index in [0.717, 1.165) is 6.26 Å². The molecule has 2 rings (SSSR count). The van der Waals surface area contributed by atoms with Crippen molar-refractivity contribution < 1.29 is 66.4 Å². The topological polar surface area (TPSA) is 276 Å². The molecule has 0 aliphatic heterocycles. The van der Waals surface area contributed by atoms with Crippen LogP contribution >= 0.6 is 0 Å². The molecule has 0 aliphatic carbocycles. The number of ether oxygens (including phenoxy) is 5. The monoisotopic (exact) mass is 889 g/mol. The normalized spacial score (nSPS) is 16.6. The summed E-state index contributed by atoms with van der Waals surface area (Å²) in [4.78, 5) is 83.5. The molecule has 2 aromatic heterocycles. The van der Waals surface area contributed by atoms with E-state index in [1.807, 2.05) is 26.8 Å². The first-order valence-corrected chi connectivity index (χ1v) is 21.0. The Bertz CT molecular complexity index is 1810. The number of hydrogen-bond donors (Lipinski definition) is 3. The second-order valence-corrected chi connectivity index (χ2v) is 15.9. The van der Waals surface area contributed by atoms with Crippen molar-refractivity contribution in [1.82, 2.24) is 14.9 Å². The Kier molecular flexibility index (Phi) is 23.9. The Hall–Kier alpha value is -5.08. The molecular formula is C44H67N5O14. The zero-order chi connectivity index (χ0) is 47.2. The number of nitrogens with zero attached hydrogens (tertiary/aromatic N) is 3. The number of methoxy groups -OCH3 is 4. The van der Waals surface area contributed by atoms with E-state index in [-0.39, 0.29) is 78.4 Å². The van der Waals surface area contributed by atoms with Gasteiger partial charge in [0.2, 0.25) is 24.1 Å². The Labute approximate surface area is 369 Å². The minimum absolute atomic E-state index is 0.00908. The quantitative estimate of drug-likeness (QED) is 0.0690. The third-order valence-corrected chi connectivity index (χ3v) is 11.0. The molecule has 5 N–H and O–H groups in total. The fourth-order valence-electron chi connectivity index (χ4n) is 6.96. The summed E-state index contributed by atoms with van der Waals surface area (Å²) >= 11 is 0. The van der Waals surface area contributed by atoms with Crippen LogP contribution in [0.2, 0.25) is 0 Å². The molecule has 2 aromatic rings. The van der Waals surface area contributed by atoms with Crippen LogP contribution in [0.1, 0.15) is 102 Å². The van der Waals surface area contributed by atoms with Gasteiger partial charge >= 0.3 is 11.9 Å². The maximum atomic E-state index is 13.4. The molecule has 2 heterocycles. The molecule has 10 unspecified atom stereocenters. The predicted octanol–water partition coefficient (Wildman–Crippen LogP) is 4.06. The maximum Gasteiger partial charge on any atom is 0.360 e. The zero-order valence-electron chi connectivity index (χ0n) is 37.9. The smallest absolute Gasteiger partial charge is 0.360 e. The summed E-state index contributed by atoms with van der Waals surface area (Å²) < 4.78 is 38.1. The van der Waals surface area contributed by atoms with Gasteiger partial charge in [-0.25, -0.2) is 14.8 Å². The molecule has 0 aliphatic rings. The number of carbonyl (C=O) groups excluding carboxylic acids is 6. The second-order valence-electron chi connectivity index (χ2n) is 15.9. The van der Waals surface area contributed by atoms with Crippen LogP contribution in [-0.4, -0.2) is 128 Å². The number of amides is 2. The SMILES string of the molecule is COC(=O)c1coc(-c2coc(/C=C/CCC(C)C(CC(OC)C(C)CCC(=O)C(C)C(C/C=C/N(C)C=O)OC)OC(=O)CC(O)CC(N)CC(=O)C(C)C(OC)C(N)=O)n2)n1. The van der Waals surface area contributed by atoms with Crippen LogP contribution in [-0.2, 0) is 47.7 Å². The standard InChI is InChI=1S/C44H67N5O14/c1-26(13-10-11-15-39-47-32(23-61-39)43-48-33(24-62-43)44(56)60-9)38(63-40(54)21-31(51)19-30(45)20-35(53)29(4)41(59-8)42(46)55)22-37(58-7)27(2)16-17-34(52)28(3)36(57-6)14-12-18-49(5)25-50/h11-12,15,18,23-31,36-38,41,51H,10,13-14,16-17,19-22,45H2,1-9H3,(H2,46,55)/b15-11+,18-12+. The van der Waals surface area contributed by atoms with Crippen molar-refractivity contribution in [3.05, 3.63) is 42.5 Å². The second kappa shape index (κ2) is 27.9. The van der Waals surface area contributed by atoms with Crippen LogP contribution in [0.3, 0.4) is 0 Å². The van der Waals surface area contributed by atoms with E-state index in [2.05, 4.69) is 14.7 Å². The first-order chi connectivity index (χ1) is 29.9. The molecule has 0 saturated carbocycles. The lowest BCUT2D eigenvalue weighted by Gasteiger charge is -2.31. The summed E-state index contributed by atoms with van der Waals surface area (Å²) in [6.45, 7) is 7.23. The lowest BCUT2D eigenvalue weighted by Crippen LogP contribution is -2.41. The van der Waals surface area contributed by atoms with Crippen molar-refractivity contribution in [3.63, 3.8) is 0 Å². The maximum absolute atomic E-state index is 13.4. The van der Waals surface area contributed by atoms with E-state index >= 15 is 0 Å². The van der Waals surface area contributed by atoms with Gasteiger partial charge in [0, 0.05) is 65.8 Å². The number of esters is 2. The van der Waals surface area contributed by atoms with Gasteiger partial charge in [0.25, 0.3) is 0 Å². The summed E-state index contributed by atoms with van der Waals surface area (Å²) in [6.07, 6.45) is 8.25. The highest BCUT2D eigenvalue weighted by Crippen LogP contribution is 2.28. The molecule has 0 bridgehead atoms. The van der Waals surface area contributed by atoms with Crippen LogP contribution in [0.4, 0.5) is 0 Å². The van der Waals surface area contributed by atoms with Crippen molar-refractivity contribution in [2.75, 3.05) is 35.5 Å². The number of oxazole rings is 2. The number of Topliss-reactive ketones (excluding diaryl/α,β-unsaturated/α-hetero) is 2. The van der Waals surface area contributed by atoms with E-state index in [4.69, 9.17) is 39.2 Å². The van der Waals surface area contributed by atoms with Crippen molar-refractivity contribution in [3.8, 4) is 11.6 Å². The molecular weight excluding hydrogens is 823 g/mol. The molecule has 0 saturated heterocycles. The summed E-state index contributed by atoms with van der Waals surface area (Å²) in [5, 5.41) is 10.8. The van der Waals surface area contributed by atoms with Crippen molar-refractivity contribution in [2.45, 2.75) is 122 Å². The van der Waals surface area contributed by atoms with E-state index in [1.165, 1.54) is 32.3 Å². The Morgan fingerprint density at radius 3 is 2.14 bits per heavy atom. The molecule has 19 nitrogen and oxygen atoms in total. The van der Waals surface area contributed by atoms with E-state index in [9.17, 15) is 33.9 Å². The Morgan fingerprint density at radius 1 is 0.841 bits per heavy atom. The minimum Gasteiger partial charge on any atom is -0.464 e. The highest BCUT2D eigenvalue weighted by atomic mass is 16.5. The van der Waals surface area contributed by atoms with Gasteiger partial charge in [-0.15, -0.1) is 0 Å². The van der Waals surface area contributed by atoms with Gasteiger partial charge in [-0.2, -0.15) is 0 Å². The van der Waals surface area contributed by atoms with Crippen LogP contribution < -0.4 is 11.5 Å². The van der Waals surface area contributed by atoms with E-state index in [0.29, 0.717) is 38.5 Å². The first kappa shape index (κ1) is 54.1. The molecule has 19 heteroatoms. The largest absolute Gasteiger partial charge is 0.464 e. The zero-order valence-corrected chi connectivity index (χ0v) is 37.9. The average Bonchev–Trinajstić information content (AvgIpc) is 3.94. The first-order valence-electron chi connectivity index (χ1n) is 21.0. The third-order valence-electron chi connectivity index (χ3n) is 11.0. The lowest BCUT2D eigenvalue weighted by molar-refractivity contribution is -0.156. The number of aliphatic hydroxyl groups excluding tert-OH is 1. The third kappa shape index (κ3) is 18.3. The molecule has 0 aromatic carbocycles. The fraction of sp³-hybridized carbons (Fsp3) is 0.636.